The normalized spacial score (nSPS) is 15.1. The molecule has 1 N–H and O–H groups in total. The van der Waals surface area contributed by atoms with Crippen molar-refractivity contribution in [3.63, 3.8) is 0 Å². The fourth-order valence-electron chi connectivity index (χ4n) is 2.30. The lowest BCUT2D eigenvalue weighted by atomic mass is 10.1. The van der Waals surface area contributed by atoms with Gasteiger partial charge < -0.3 is 22.8 Å². The molecule has 0 saturated carbocycles. The molecule has 0 aromatic rings. The Morgan fingerprint density at radius 2 is 1.64 bits per heavy atom. The van der Waals surface area contributed by atoms with Crippen LogP contribution in [0.5, 0.6) is 0 Å². The zero-order valence-electron chi connectivity index (χ0n) is 16.8. The SMILES string of the molecule is C=CC(=O)OC(CO)C(CCC[SiH](O[Si](C)(C)C)O[Si](C)(C)C)OC. The molecule has 0 aliphatic rings. The maximum absolute atomic E-state index is 11.4. The van der Waals surface area contributed by atoms with E-state index in [1.807, 2.05) is 0 Å². The van der Waals surface area contributed by atoms with E-state index in [-0.39, 0.29) is 12.7 Å². The second-order valence-corrected chi connectivity index (χ2v) is 19.7. The van der Waals surface area contributed by atoms with Gasteiger partial charge in [0.15, 0.2) is 22.7 Å². The third-order valence-corrected chi connectivity index (χ3v) is 11.9. The molecule has 0 aliphatic carbocycles. The number of methoxy groups -OCH3 is 1. The minimum atomic E-state index is -1.75. The van der Waals surface area contributed by atoms with E-state index in [0.717, 1.165) is 18.5 Å². The summed E-state index contributed by atoms with van der Waals surface area (Å²) in [4.78, 5) is 11.4. The molecule has 0 rings (SSSR count). The Hall–Kier alpha value is -0.299. The van der Waals surface area contributed by atoms with Gasteiger partial charge in [-0.1, -0.05) is 6.58 Å². The summed E-state index contributed by atoms with van der Waals surface area (Å²) in [7, 11) is -3.50. The predicted molar refractivity (Wildman–Crippen MR) is 108 cm³/mol. The van der Waals surface area contributed by atoms with Crippen LogP contribution in [0.3, 0.4) is 0 Å². The van der Waals surface area contributed by atoms with Crippen molar-refractivity contribution in [2.75, 3.05) is 13.7 Å². The number of aliphatic hydroxyl groups is 1. The number of hydrogen-bond acceptors (Lipinski definition) is 6. The van der Waals surface area contributed by atoms with Crippen LogP contribution in [0.1, 0.15) is 12.8 Å². The highest BCUT2D eigenvalue weighted by atomic mass is 28.4. The van der Waals surface area contributed by atoms with Gasteiger partial charge in [0.1, 0.15) is 0 Å². The minimum absolute atomic E-state index is 0.282. The highest BCUT2D eigenvalue weighted by Gasteiger charge is 2.29. The quantitative estimate of drug-likeness (QED) is 0.287. The number of hydrogen-bond donors (Lipinski definition) is 1. The highest BCUT2D eigenvalue weighted by molar-refractivity contribution is 6.81. The molecule has 0 aliphatic heterocycles. The molecule has 0 spiro atoms. The van der Waals surface area contributed by atoms with Crippen molar-refractivity contribution in [3.05, 3.63) is 12.7 Å². The Bertz CT molecular complexity index is 390. The Balaban J connectivity index is 4.68. The minimum Gasteiger partial charge on any atom is -0.454 e. The molecule has 0 heterocycles. The maximum atomic E-state index is 11.4. The first-order valence-corrected chi connectivity index (χ1v) is 17.3. The lowest BCUT2D eigenvalue weighted by molar-refractivity contribution is -0.154. The van der Waals surface area contributed by atoms with Crippen LogP contribution < -0.4 is 0 Å². The molecule has 0 bridgehead atoms. The van der Waals surface area contributed by atoms with E-state index in [4.69, 9.17) is 17.7 Å². The molecular weight excluding hydrogens is 372 g/mol. The topological polar surface area (TPSA) is 74.2 Å². The summed E-state index contributed by atoms with van der Waals surface area (Å²) in [5.41, 5.74) is 0. The van der Waals surface area contributed by atoms with Gasteiger partial charge in [-0.25, -0.2) is 4.79 Å². The number of carbonyl (C=O) groups excluding carboxylic acids is 1. The molecule has 0 radical (unpaired) electrons. The zero-order chi connectivity index (χ0) is 19.7. The summed E-state index contributed by atoms with van der Waals surface area (Å²) in [5, 5.41) is 9.47. The summed E-state index contributed by atoms with van der Waals surface area (Å²) in [6, 6.07) is 0.877. The Labute approximate surface area is 156 Å². The summed E-state index contributed by atoms with van der Waals surface area (Å²) >= 11 is 0. The number of rotatable bonds is 13. The monoisotopic (exact) mass is 408 g/mol. The first-order chi connectivity index (χ1) is 11.4. The summed E-state index contributed by atoms with van der Waals surface area (Å²) < 4.78 is 23.2. The third kappa shape index (κ3) is 12.7. The number of esters is 1. The molecule has 0 aromatic carbocycles. The molecule has 9 heteroatoms. The van der Waals surface area contributed by atoms with Crippen molar-refractivity contribution < 1.29 is 27.6 Å². The van der Waals surface area contributed by atoms with E-state index in [9.17, 15) is 9.90 Å². The fourth-order valence-corrected chi connectivity index (χ4v) is 10.7. The Morgan fingerprint density at radius 1 is 1.12 bits per heavy atom. The lowest BCUT2D eigenvalue weighted by Gasteiger charge is -2.31. The lowest BCUT2D eigenvalue weighted by Crippen LogP contribution is -2.43. The standard InChI is InChI=1S/C16H36O6Si3/c1-9-16(18)20-15(13-17)14(19-2)11-10-12-23(21-24(3,4)5)22-25(6,7)8/h9,14-15,17,23H,1,10-13H2,2-8H3. The smallest absolute Gasteiger partial charge is 0.330 e. The zero-order valence-corrected chi connectivity index (χ0v) is 20.0. The summed E-state index contributed by atoms with van der Waals surface area (Å²) in [6.45, 7) is 16.1. The Morgan fingerprint density at radius 3 is 2.00 bits per heavy atom. The molecule has 0 saturated heterocycles. The van der Waals surface area contributed by atoms with Crippen molar-refractivity contribution in [1.29, 1.82) is 0 Å². The molecular formula is C16H36O6Si3. The molecule has 0 aromatic heterocycles. The molecule has 6 nitrogen and oxygen atoms in total. The largest absolute Gasteiger partial charge is 0.454 e. The van der Waals surface area contributed by atoms with Crippen LogP contribution in [0.4, 0.5) is 0 Å². The van der Waals surface area contributed by atoms with Gasteiger partial charge in [-0.15, -0.1) is 0 Å². The van der Waals surface area contributed by atoms with Gasteiger partial charge in [-0.3, -0.25) is 0 Å². The van der Waals surface area contributed by atoms with E-state index in [0.29, 0.717) is 6.42 Å². The van der Waals surface area contributed by atoms with E-state index >= 15 is 0 Å². The van der Waals surface area contributed by atoms with Crippen molar-refractivity contribution >= 4 is 31.9 Å². The fraction of sp³-hybridized carbons (Fsp3) is 0.812. The van der Waals surface area contributed by atoms with Crippen LogP contribution in [-0.2, 0) is 22.5 Å². The first-order valence-electron chi connectivity index (χ1n) is 8.74. The second-order valence-electron chi connectivity index (χ2n) is 7.96. The van der Waals surface area contributed by atoms with Gasteiger partial charge in [-0.05, 0) is 58.2 Å². The van der Waals surface area contributed by atoms with Crippen LogP contribution >= 0.6 is 0 Å². The van der Waals surface area contributed by atoms with E-state index in [2.05, 4.69) is 45.9 Å². The molecule has 0 fully saturated rings. The average Bonchev–Trinajstić information content (AvgIpc) is 2.46. The van der Waals surface area contributed by atoms with Crippen molar-refractivity contribution in [1.82, 2.24) is 0 Å². The van der Waals surface area contributed by atoms with E-state index < -0.39 is 38.0 Å². The summed E-state index contributed by atoms with van der Waals surface area (Å²) in [5.74, 6) is -0.558. The van der Waals surface area contributed by atoms with Gasteiger partial charge in [-0.2, -0.15) is 0 Å². The van der Waals surface area contributed by atoms with Crippen molar-refractivity contribution in [3.8, 4) is 0 Å². The molecule has 2 unspecified atom stereocenters. The molecule has 2 atom stereocenters. The number of aliphatic hydroxyl groups excluding tert-OH is 1. The Kier molecular flexibility index (Phi) is 11.3. The molecule has 25 heavy (non-hydrogen) atoms. The van der Waals surface area contributed by atoms with Crippen LogP contribution in [0, 0.1) is 0 Å². The van der Waals surface area contributed by atoms with E-state index in [1.165, 1.54) is 0 Å². The highest BCUT2D eigenvalue weighted by Crippen LogP contribution is 2.19. The van der Waals surface area contributed by atoms with Gasteiger partial charge in [0.05, 0.1) is 12.7 Å². The average molecular weight is 409 g/mol. The van der Waals surface area contributed by atoms with Gasteiger partial charge in [0.2, 0.25) is 0 Å². The van der Waals surface area contributed by atoms with Gasteiger partial charge >= 0.3 is 15.3 Å². The summed E-state index contributed by atoms with van der Waals surface area (Å²) in [6.07, 6.45) is 1.54. The number of ether oxygens (including phenoxy) is 2. The van der Waals surface area contributed by atoms with Gasteiger partial charge in [0, 0.05) is 13.2 Å². The van der Waals surface area contributed by atoms with Crippen LogP contribution in [0.2, 0.25) is 45.3 Å². The second kappa shape index (κ2) is 11.4. The van der Waals surface area contributed by atoms with Crippen molar-refractivity contribution in [2.45, 2.75) is 70.4 Å². The van der Waals surface area contributed by atoms with E-state index in [1.54, 1.807) is 7.11 Å². The van der Waals surface area contributed by atoms with Crippen LogP contribution in [0.15, 0.2) is 12.7 Å². The maximum Gasteiger partial charge on any atom is 0.330 e. The molecule has 0 amide bonds. The third-order valence-electron chi connectivity index (χ3n) is 3.23. The number of carbonyl (C=O) groups is 1. The molecule has 148 valence electrons. The predicted octanol–water partition coefficient (Wildman–Crippen LogP) is 2.80. The van der Waals surface area contributed by atoms with Crippen LogP contribution in [-0.4, -0.2) is 62.9 Å². The van der Waals surface area contributed by atoms with Gasteiger partial charge in [0.25, 0.3) is 0 Å². The first kappa shape index (κ1) is 24.7. The van der Waals surface area contributed by atoms with Crippen LogP contribution in [0.25, 0.3) is 0 Å². The van der Waals surface area contributed by atoms with Crippen molar-refractivity contribution in [2.24, 2.45) is 0 Å².